The van der Waals surface area contributed by atoms with E-state index < -0.39 is 16.0 Å². The highest BCUT2D eigenvalue weighted by Gasteiger charge is 2.21. The van der Waals surface area contributed by atoms with E-state index >= 15 is 0 Å². The number of benzene rings is 2. The number of furan rings is 1. The lowest BCUT2D eigenvalue weighted by Gasteiger charge is -2.11. The molecule has 0 saturated carbocycles. The Labute approximate surface area is 186 Å². The second-order valence-corrected chi connectivity index (χ2v) is 9.14. The predicted molar refractivity (Wildman–Crippen MR) is 121 cm³/mol. The van der Waals surface area contributed by atoms with Crippen LogP contribution in [-0.2, 0) is 27.8 Å². The van der Waals surface area contributed by atoms with Gasteiger partial charge in [0.15, 0.2) is 0 Å². The molecule has 0 spiro atoms. The second-order valence-electron chi connectivity index (χ2n) is 7.37. The number of fused-ring (bicyclic) bond motifs is 1. The van der Waals surface area contributed by atoms with E-state index in [-0.39, 0.29) is 23.8 Å². The van der Waals surface area contributed by atoms with Gasteiger partial charge in [0, 0.05) is 29.4 Å². The van der Waals surface area contributed by atoms with Gasteiger partial charge in [0.25, 0.3) is 0 Å². The van der Waals surface area contributed by atoms with E-state index in [1.54, 1.807) is 19.9 Å². The van der Waals surface area contributed by atoms with Crippen LogP contribution in [0.2, 0.25) is 0 Å². The summed E-state index contributed by atoms with van der Waals surface area (Å²) in [6.07, 6.45) is 1.93. The van der Waals surface area contributed by atoms with E-state index in [9.17, 15) is 13.2 Å². The van der Waals surface area contributed by atoms with E-state index in [1.165, 1.54) is 12.1 Å². The Morgan fingerprint density at radius 3 is 2.62 bits per heavy atom. The predicted octanol–water partition coefficient (Wildman–Crippen LogP) is 4.25. The molecule has 0 fully saturated rings. The number of nitrogens with zero attached hydrogens (tertiary/aromatic N) is 1. The minimum atomic E-state index is -3.78. The van der Waals surface area contributed by atoms with Gasteiger partial charge in [0.1, 0.15) is 5.58 Å². The second kappa shape index (κ2) is 9.02. The van der Waals surface area contributed by atoms with Crippen molar-refractivity contribution in [2.45, 2.75) is 31.8 Å². The topological polar surface area (TPSA) is 90.5 Å². The Balaban J connectivity index is 1.54. The molecule has 1 N–H and O–H groups in total. The maximum absolute atomic E-state index is 13.0. The molecule has 8 heteroatoms. The average molecular weight is 453 g/mol. The molecule has 0 bridgehead atoms. The highest BCUT2D eigenvalue weighted by Crippen LogP contribution is 2.28. The summed E-state index contributed by atoms with van der Waals surface area (Å²) in [6.45, 7) is 4.45. The van der Waals surface area contributed by atoms with E-state index in [0.29, 0.717) is 23.1 Å². The van der Waals surface area contributed by atoms with Crippen LogP contribution in [0.5, 0.6) is 0 Å². The first-order valence-corrected chi connectivity index (χ1v) is 11.7. The Bertz CT molecular complexity index is 1350. The molecule has 2 aromatic heterocycles. The number of rotatable bonds is 8. The standard InChI is InChI=1S/C24H24N2O5S/c1-3-30-24(27)23-17(2)21-14-20(11-12-22(21)31-23)32(28,29)25-15-19-10-7-13-26(19)16-18-8-5-4-6-9-18/h4-14,25H,3,15-16H2,1-2H3. The lowest BCUT2D eigenvalue weighted by molar-refractivity contribution is 0.0491. The zero-order valence-electron chi connectivity index (χ0n) is 17.9. The van der Waals surface area contributed by atoms with Crippen LogP contribution in [0, 0.1) is 6.92 Å². The van der Waals surface area contributed by atoms with Crippen molar-refractivity contribution >= 4 is 27.0 Å². The lowest BCUT2D eigenvalue weighted by Crippen LogP contribution is -2.24. The first-order valence-electron chi connectivity index (χ1n) is 10.3. The molecule has 0 radical (unpaired) electrons. The summed E-state index contributed by atoms with van der Waals surface area (Å²) >= 11 is 0. The molecule has 0 aliphatic carbocycles. The minimum absolute atomic E-state index is 0.0862. The summed E-state index contributed by atoms with van der Waals surface area (Å²) in [5, 5.41) is 0.559. The number of sulfonamides is 1. The van der Waals surface area contributed by atoms with Gasteiger partial charge < -0.3 is 13.7 Å². The summed E-state index contributed by atoms with van der Waals surface area (Å²) in [6, 6.07) is 18.3. The number of carbonyl (C=O) groups excluding carboxylic acids is 1. The fraction of sp³-hybridized carbons (Fsp3) is 0.208. The van der Waals surface area contributed by atoms with Gasteiger partial charge in [-0.1, -0.05) is 30.3 Å². The first kappa shape index (κ1) is 21.9. The van der Waals surface area contributed by atoms with E-state index in [0.717, 1.165) is 11.3 Å². The summed E-state index contributed by atoms with van der Waals surface area (Å²) in [5.41, 5.74) is 2.96. The fourth-order valence-corrected chi connectivity index (χ4v) is 4.58. The van der Waals surface area contributed by atoms with Gasteiger partial charge in [-0.2, -0.15) is 0 Å². The van der Waals surface area contributed by atoms with Crippen LogP contribution in [0.3, 0.4) is 0 Å². The minimum Gasteiger partial charge on any atom is -0.460 e. The summed E-state index contributed by atoms with van der Waals surface area (Å²) < 4.78 is 41.2. The smallest absolute Gasteiger partial charge is 0.374 e. The van der Waals surface area contributed by atoms with Crippen molar-refractivity contribution in [1.82, 2.24) is 9.29 Å². The van der Waals surface area contributed by atoms with Gasteiger partial charge in [-0.3, -0.25) is 0 Å². The maximum Gasteiger partial charge on any atom is 0.374 e. The van der Waals surface area contributed by atoms with Gasteiger partial charge in [-0.15, -0.1) is 0 Å². The number of carbonyl (C=O) groups is 1. The Morgan fingerprint density at radius 1 is 1.09 bits per heavy atom. The highest BCUT2D eigenvalue weighted by molar-refractivity contribution is 7.89. The molecule has 0 aliphatic heterocycles. The van der Waals surface area contributed by atoms with Crippen LogP contribution in [0.25, 0.3) is 11.0 Å². The number of esters is 1. The Kier molecular flexibility index (Phi) is 6.16. The molecular formula is C24H24N2O5S. The van der Waals surface area contributed by atoms with Gasteiger partial charge in [0.2, 0.25) is 15.8 Å². The van der Waals surface area contributed by atoms with Crippen LogP contribution in [0.15, 0.2) is 76.2 Å². The summed E-state index contributed by atoms with van der Waals surface area (Å²) in [4.78, 5) is 12.2. The SMILES string of the molecule is CCOC(=O)c1oc2ccc(S(=O)(=O)NCc3cccn3Cc3ccccc3)cc2c1C. The molecule has 166 valence electrons. The molecule has 4 rings (SSSR count). The van der Waals surface area contributed by atoms with Crippen molar-refractivity contribution < 1.29 is 22.4 Å². The quantitative estimate of drug-likeness (QED) is 0.404. The van der Waals surface area contributed by atoms with Crippen LogP contribution < -0.4 is 4.72 Å². The third-order valence-electron chi connectivity index (χ3n) is 5.24. The normalized spacial score (nSPS) is 11.7. The van der Waals surface area contributed by atoms with Gasteiger partial charge in [-0.25, -0.2) is 17.9 Å². The number of aryl methyl sites for hydroxylation is 1. The first-order chi connectivity index (χ1) is 15.4. The summed E-state index contributed by atoms with van der Waals surface area (Å²) in [7, 11) is -3.78. The van der Waals surface area contributed by atoms with Crippen molar-refractivity contribution in [2.75, 3.05) is 6.61 Å². The number of hydrogen-bond donors (Lipinski definition) is 1. The van der Waals surface area contributed by atoms with Crippen LogP contribution in [0.1, 0.15) is 34.3 Å². The molecule has 2 heterocycles. The Morgan fingerprint density at radius 2 is 1.88 bits per heavy atom. The van der Waals surface area contributed by atoms with E-state index in [4.69, 9.17) is 9.15 Å². The summed E-state index contributed by atoms with van der Waals surface area (Å²) in [5.74, 6) is -0.481. The Hall–Kier alpha value is -3.36. The molecular weight excluding hydrogens is 428 g/mol. The molecule has 0 unspecified atom stereocenters. The molecule has 0 aliphatic rings. The third kappa shape index (κ3) is 4.46. The fourth-order valence-electron chi connectivity index (χ4n) is 3.56. The van der Waals surface area contributed by atoms with Crippen molar-refractivity contribution in [3.8, 4) is 0 Å². The van der Waals surface area contributed by atoms with Gasteiger partial charge >= 0.3 is 5.97 Å². The lowest BCUT2D eigenvalue weighted by atomic mass is 10.1. The largest absolute Gasteiger partial charge is 0.460 e. The van der Waals surface area contributed by atoms with Crippen molar-refractivity contribution in [1.29, 1.82) is 0 Å². The molecule has 7 nitrogen and oxygen atoms in total. The highest BCUT2D eigenvalue weighted by atomic mass is 32.2. The maximum atomic E-state index is 13.0. The number of ether oxygens (including phenoxy) is 1. The molecule has 0 amide bonds. The van der Waals surface area contributed by atoms with Crippen molar-refractivity contribution in [2.24, 2.45) is 0 Å². The average Bonchev–Trinajstić information content (AvgIpc) is 3.37. The molecule has 4 aromatic rings. The number of hydrogen-bond acceptors (Lipinski definition) is 5. The number of aromatic nitrogens is 1. The number of nitrogens with one attached hydrogen (secondary N) is 1. The molecule has 0 atom stereocenters. The van der Waals surface area contributed by atoms with E-state index in [2.05, 4.69) is 4.72 Å². The molecule has 0 saturated heterocycles. The third-order valence-corrected chi connectivity index (χ3v) is 6.64. The van der Waals surface area contributed by atoms with Crippen LogP contribution >= 0.6 is 0 Å². The van der Waals surface area contributed by atoms with Crippen LogP contribution in [0.4, 0.5) is 0 Å². The molecule has 2 aromatic carbocycles. The zero-order valence-corrected chi connectivity index (χ0v) is 18.7. The molecule has 32 heavy (non-hydrogen) atoms. The zero-order chi connectivity index (χ0) is 22.7. The monoisotopic (exact) mass is 452 g/mol. The van der Waals surface area contributed by atoms with E-state index in [1.807, 2.05) is 53.2 Å². The van der Waals surface area contributed by atoms with Crippen LogP contribution in [-0.4, -0.2) is 25.6 Å². The van der Waals surface area contributed by atoms with Gasteiger partial charge in [-0.05, 0) is 49.7 Å². The van der Waals surface area contributed by atoms with Crippen molar-refractivity contribution in [3.63, 3.8) is 0 Å². The van der Waals surface area contributed by atoms with Gasteiger partial charge in [0.05, 0.1) is 18.0 Å². The van der Waals surface area contributed by atoms with Crippen molar-refractivity contribution in [3.05, 3.63) is 89.4 Å².